The summed E-state index contributed by atoms with van der Waals surface area (Å²) >= 11 is 0. The number of nitrogens with zero attached hydrogens (tertiary/aromatic N) is 1. The minimum absolute atomic E-state index is 0.0171. The van der Waals surface area contributed by atoms with E-state index in [1.165, 1.54) is 0 Å². The summed E-state index contributed by atoms with van der Waals surface area (Å²) in [5.74, 6) is 2.39. The first-order chi connectivity index (χ1) is 12.2. The highest BCUT2D eigenvalue weighted by Crippen LogP contribution is 2.13. The number of alkyl halides is 3. The normalized spacial score (nSPS) is 11.2. The molecule has 1 heterocycles. The molecule has 144 valence electrons. The lowest BCUT2D eigenvalue weighted by Crippen LogP contribution is -2.37. The minimum Gasteiger partial charge on any atom is -0.351 e. The van der Waals surface area contributed by atoms with Gasteiger partial charge in [-0.15, -0.1) is 0 Å². The largest absolute Gasteiger partial charge is 0.471 e. The number of carbonyl (C=O) groups is 1. The molecule has 0 saturated heterocycles. The molecule has 0 aliphatic rings. The van der Waals surface area contributed by atoms with Crippen molar-refractivity contribution in [1.82, 2.24) is 14.9 Å². The average molecular weight is 377 g/mol. The first-order valence-corrected chi connectivity index (χ1v) is 7.59. The quantitative estimate of drug-likeness (QED) is 0.513. The molecule has 0 fully saturated rings. The van der Waals surface area contributed by atoms with E-state index in [1.807, 2.05) is 4.98 Å². The Hall–Kier alpha value is -2.58. The molecule has 1 amide bonds. The van der Waals surface area contributed by atoms with Crippen molar-refractivity contribution in [3.63, 3.8) is 0 Å². The van der Waals surface area contributed by atoms with E-state index in [0.29, 0.717) is 13.2 Å². The second kappa shape index (κ2) is 9.79. The number of hydrogen-bond acceptors (Lipinski definition) is 5. The Labute approximate surface area is 146 Å². The molecule has 0 spiro atoms. The van der Waals surface area contributed by atoms with Crippen molar-refractivity contribution >= 4 is 5.91 Å². The highest BCUT2D eigenvalue weighted by atomic mass is 19.4. The molecule has 8 nitrogen and oxygen atoms in total. The zero-order valence-electron chi connectivity index (χ0n) is 14.1. The number of nitrogens with one attached hydrogen (secondary N) is 2. The summed E-state index contributed by atoms with van der Waals surface area (Å²) in [6, 6.07) is 0. The van der Waals surface area contributed by atoms with Crippen molar-refractivity contribution in [3.8, 4) is 11.8 Å². The van der Waals surface area contributed by atoms with Gasteiger partial charge in [0, 0.05) is 19.4 Å². The van der Waals surface area contributed by atoms with Gasteiger partial charge >= 0.3 is 17.8 Å². The molecule has 0 aliphatic heterocycles. The standard InChI is InChI=1S/C15H18F3N3O5/c1-3-25-11(26-4-2)9-21-8-10(12(22)20-14(21)24)6-5-7-19-13(23)15(16,17)18/h8,11H,3-4,7,9H2,1-2H3,(H,19,23)(H,20,22,24). The molecule has 11 heteroatoms. The third kappa shape index (κ3) is 6.73. The highest BCUT2D eigenvalue weighted by Gasteiger charge is 2.38. The minimum atomic E-state index is -5.01. The Balaban J connectivity index is 2.91. The smallest absolute Gasteiger partial charge is 0.351 e. The predicted octanol–water partition coefficient (Wildman–Crippen LogP) is -0.0343. The first-order valence-electron chi connectivity index (χ1n) is 7.59. The molecule has 1 aromatic rings. The maximum atomic E-state index is 12.0. The molecule has 0 saturated carbocycles. The third-order valence-corrected chi connectivity index (χ3v) is 2.88. The van der Waals surface area contributed by atoms with Crippen LogP contribution in [0.5, 0.6) is 0 Å². The van der Waals surface area contributed by atoms with Gasteiger partial charge in [-0.3, -0.25) is 19.1 Å². The lowest BCUT2D eigenvalue weighted by molar-refractivity contribution is -0.173. The topological polar surface area (TPSA) is 102 Å². The van der Waals surface area contributed by atoms with Gasteiger partial charge in [-0.1, -0.05) is 11.8 Å². The molecule has 26 heavy (non-hydrogen) atoms. The Morgan fingerprint density at radius 2 is 1.92 bits per heavy atom. The molecule has 0 radical (unpaired) electrons. The summed E-state index contributed by atoms with van der Waals surface area (Å²) in [5, 5.41) is 1.55. The summed E-state index contributed by atoms with van der Waals surface area (Å²) < 4.78 is 47.8. The van der Waals surface area contributed by atoms with Gasteiger partial charge in [0.25, 0.3) is 5.56 Å². The van der Waals surface area contributed by atoms with E-state index in [4.69, 9.17) is 9.47 Å². The Morgan fingerprint density at radius 3 is 2.46 bits per heavy atom. The molecular formula is C15H18F3N3O5. The summed E-state index contributed by atoms with van der Waals surface area (Å²) in [7, 11) is 0. The molecule has 0 atom stereocenters. The van der Waals surface area contributed by atoms with Crippen LogP contribution >= 0.6 is 0 Å². The second-order valence-electron chi connectivity index (χ2n) is 4.78. The van der Waals surface area contributed by atoms with Crippen LogP contribution in [0, 0.1) is 11.8 Å². The van der Waals surface area contributed by atoms with Crippen molar-refractivity contribution < 1.29 is 27.4 Å². The molecule has 0 bridgehead atoms. The average Bonchev–Trinajstić information content (AvgIpc) is 2.54. The number of hydrogen-bond donors (Lipinski definition) is 2. The van der Waals surface area contributed by atoms with Crippen molar-refractivity contribution in [2.24, 2.45) is 0 Å². The van der Waals surface area contributed by atoms with Crippen LogP contribution < -0.4 is 16.6 Å². The van der Waals surface area contributed by atoms with Crippen LogP contribution in [0.3, 0.4) is 0 Å². The maximum absolute atomic E-state index is 12.0. The van der Waals surface area contributed by atoms with Crippen molar-refractivity contribution in [1.29, 1.82) is 0 Å². The van der Waals surface area contributed by atoms with Crippen LogP contribution in [0.15, 0.2) is 15.8 Å². The Bertz CT molecular complexity index is 783. The number of rotatable bonds is 7. The van der Waals surface area contributed by atoms with Gasteiger partial charge in [-0.25, -0.2) is 4.79 Å². The van der Waals surface area contributed by atoms with Crippen LogP contribution in [0.25, 0.3) is 0 Å². The Morgan fingerprint density at radius 1 is 1.31 bits per heavy atom. The molecule has 0 aromatic carbocycles. The fourth-order valence-corrected chi connectivity index (χ4v) is 1.78. The van der Waals surface area contributed by atoms with Crippen LogP contribution in [0.2, 0.25) is 0 Å². The van der Waals surface area contributed by atoms with E-state index in [2.05, 4.69) is 11.8 Å². The van der Waals surface area contributed by atoms with Crippen LogP contribution in [-0.4, -0.2) is 47.7 Å². The molecule has 2 N–H and O–H groups in total. The molecule has 1 rings (SSSR count). The third-order valence-electron chi connectivity index (χ3n) is 2.88. The zero-order chi connectivity index (χ0) is 19.7. The van der Waals surface area contributed by atoms with E-state index >= 15 is 0 Å². The molecule has 0 unspecified atom stereocenters. The number of amides is 1. The number of halogens is 3. The summed E-state index contributed by atoms with van der Waals surface area (Å²) in [6.45, 7) is 3.54. The Kier molecular flexibility index (Phi) is 8.08. The summed E-state index contributed by atoms with van der Waals surface area (Å²) in [6.07, 6.45) is -4.59. The maximum Gasteiger partial charge on any atom is 0.471 e. The molecule has 1 aromatic heterocycles. The van der Waals surface area contributed by atoms with Gasteiger partial charge in [0.15, 0.2) is 6.29 Å². The van der Waals surface area contributed by atoms with Crippen molar-refractivity contribution in [2.45, 2.75) is 32.9 Å². The van der Waals surface area contributed by atoms with Crippen molar-refractivity contribution in [3.05, 3.63) is 32.6 Å². The van der Waals surface area contributed by atoms with E-state index in [1.54, 1.807) is 19.2 Å². The van der Waals surface area contributed by atoms with Crippen molar-refractivity contribution in [2.75, 3.05) is 19.8 Å². The monoisotopic (exact) mass is 377 g/mol. The van der Waals surface area contributed by atoms with Gasteiger partial charge in [-0.2, -0.15) is 13.2 Å². The van der Waals surface area contributed by atoms with Crippen LogP contribution in [-0.2, 0) is 20.8 Å². The van der Waals surface area contributed by atoms with E-state index in [0.717, 1.165) is 10.8 Å². The van der Waals surface area contributed by atoms with Gasteiger partial charge < -0.3 is 14.8 Å². The number of H-pyrrole nitrogens is 1. The second-order valence-corrected chi connectivity index (χ2v) is 4.78. The number of carbonyl (C=O) groups excluding carboxylic acids is 1. The van der Waals surface area contributed by atoms with Crippen LogP contribution in [0.1, 0.15) is 19.4 Å². The van der Waals surface area contributed by atoms with E-state index in [-0.39, 0.29) is 12.1 Å². The van der Waals surface area contributed by atoms with Gasteiger partial charge in [0.1, 0.15) is 5.56 Å². The van der Waals surface area contributed by atoms with E-state index in [9.17, 15) is 27.6 Å². The molecule has 0 aliphatic carbocycles. The highest BCUT2D eigenvalue weighted by molar-refractivity contribution is 5.81. The molecular weight excluding hydrogens is 359 g/mol. The SMILES string of the molecule is CCOC(Cn1cc(C#CCNC(=O)C(F)(F)F)c(=O)[nH]c1=O)OCC. The predicted molar refractivity (Wildman–Crippen MR) is 84.3 cm³/mol. The van der Waals surface area contributed by atoms with Gasteiger partial charge in [0.05, 0.1) is 13.1 Å². The summed E-state index contributed by atoms with van der Waals surface area (Å²) in [4.78, 5) is 36.2. The first kappa shape index (κ1) is 21.5. The van der Waals surface area contributed by atoms with Gasteiger partial charge in [-0.05, 0) is 13.8 Å². The number of aromatic nitrogens is 2. The van der Waals surface area contributed by atoms with E-state index < -0.39 is 36.2 Å². The summed E-state index contributed by atoms with van der Waals surface area (Å²) in [5.41, 5.74) is -1.67. The fraction of sp³-hybridized carbons (Fsp3) is 0.533. The lowest BCUT2D eigenvalue weighted by atomic mass is 10.3. The zero-order valence-corrected chi connectivity index (χ0v) is 14.1. The van der Waals surface area contributed by atoms with Crippen LogP contribution in [0.4, 0.5) is 13.2 Å². The lowest BCUT2D eigenvalue weighted by Gasteiger charge is -2.17. The van der Waals surface area contributed by atoms with Gasteiger partial charge in [0.2, 0.25) is 0 Å². The number of ether oxygens (including phenoxy) is 2. The number of aromatic amines is 1. The fourth-order valence-electron chi connectivity index (χ4n) is 1.78.